The molecule has 0 spiro atoms. The number of hydrogen-bond acceptors (Lipinski definition) is 4. The van der Waals surface area contributed by atoms with Crippen LogP contribution in [0.1, 0.15) is 11.4 Å². The maximum Gasteiger partial charge on any atom is 0.435 e. The van der Waals surface area contributed by atoms with Gasteiger partial charge >= 0.3 is 6.18 Å². The van der Waals surface area contributed by atoms with Crippen molar-refractivity contribution in [2.24, 2.45) is 10.9 Å². The molecule has 0 unspecified atom stereocenters. The van der Waals surface area contributed by atoms with Crippen molar-refractivity contribution in [1.82, 2.24) is 14.8 Å². The Morgan fingerprint density at radius 1 is 1.37 bits per heavy atom. The van der Waals surface area contributed by atoms with E-state index in [-0.39, 0.29) is 11.5 Å². The number of nitrogens with two attached hydrogens (primary N) is 1. The van der Waals surface area contributed by atoms with Crippen molar-refractivity contribution in [2.75, 3.05) is 0 Å². The number of aromatic nitrogens is 3. The second kappa shape index (κ2) is 4.59. The fourth-order valence-corrected chi connectivity index (χ4v) is 1.37. The monoisotopic (exact) mass is 271 g/mol. The van der Waals surface area contributed by atoms with Gasteiger partial charge in [0.05, 0.1) is 5.69 Å². The summed E-state index contributed by atoms with van der Waals surface area (Å²) in [6.07, 6.45) is -2.03. The van der Waals surface area contributed by atoms with Gasteiger partial charge in [-0.2, -0.15) is 18.3 Å². The second-order valence-electron chi connectivity index (χ2n) is 3.53. The lowest BCUT2D eigenvalue weighted by atomic mass is 10.3. The molecule has 2 aromatic heterocycles. The number of nitrogens with zero attached hydrogens (tertiary/aromatic N) is 4. The van der Waals surface area contributed by atoms with Gasteiger partial charge in [0.1, 0.15) is 5.69 Å². The molecule has 0 fully saturated rings. The van der Waals surface area contributed by atoms with E-state index in [1.165, 1.54) is 18.3 Å². The standard InChI is InChI=1S/C10H8F3N5O/c11-10(12,13)8-2-4-18(16-8)6-1-3-15-7(5-6)9(14)17-19/h1-5,19H,(H2,14,17). The summed E-state index contributed by atoms with van der Waals surface area (Å²) in [5, 5.41) is 14.7. The van der Waals surface area contributed by atoms with Crippen molar-refractivity contribution in [3.8, 4) is 5.69 Å². The number of alkyl halides is 3. The Morgan fingerprint density at radius 3 is 2.68 bits per heavy atom. The van der Waals surface area contributed by atoms with Crippen molar-refractivity contribution in [1.29, 1.82) is 0 Å². The lowest BCUT2D eigenvalue weighted by molar-refractivity contribution is -0.141. The molecule has 0 saturated carbocycles. The van der Waals surface area contributed by atoms with Gasteiger partial charge < -0.3 is 10.9 Å². The molecule has 6 nitrogen and oxygen atoms in total. The summed E-state index contributed by atoms with van der Waals surface area (Å²) >= 11 is 0. The molecule has 9 heteroatoms. The number of pyridine rings is 1. The molecule has 0 radical (unpaired) electrons. The molecule has 0 amide bonds. The smallest absolute Gasteiger partial charge is 0.409 e. The first-order valence-corrected chi connectivity index (χ1v) is 4.99. The highest BCUT2D eigenvalue weighted by atomic mass is 19.4. The maximum atomic E-state index is 12.4. The first-order chi connectivity index (χ1) is 8.91. The van der Waals surface area contributed by atoms with Gasteiger partial charge in [-0.3, -0.25) is 4.98 Å². The number of oxime groups is 1. The molecule has 0 aromatic carbocycles. The largest absolute Gasteiger partial charge is 0.435 e. The van der Waals surface area contributed by atoms with Crippen LogP contribution in [0.15, 0.2) is 35.7 Å². The number of halogens is 3. The van der Waals surface area contributed by atoms with Crippen LogP contribution in [0.5, 0.6) is 0 Å². The van der Waals surface area contributed by atoms with Gasteiger partial charge in [0, 0.05) is 12.4 Å². The van der Waals surface area contributed by atoms with Crippen LogP contribution in [-0.4, -0.2) is 25.8 Å². The van der Waals surface area contributed by atoms with Gasteiger partial charge in [-0.1, -0.05) is 5.16 Å². The van der Waals surface area contributed by atoms with Gasteiger partial charge in [0.2, 0.25) is 0 Å². The van der Waals surface area contributed by atoms with E-state index in [9.17, 15) is 13.2 Å². The minimum atomic E-state index is -4.51. The van der Waals surface area contributed by atoms with Gasteiger partial charge in [0.15, 0.2) is 11.5 Å². The molecule has 0 aliphatic rings. The highest BCUT2D eigenvalue weighted by Gasteiger charge is 2.33. The molecular formula is C10H8F3N5O. The normalized spacial score (nSPS) is 12.7. The average molecular weight is 271 g/mol. The lowest BCUT2D eigenvalue weighted by Crippen LogP contribution is -2.15. The first-order valence-electron chi connectivity index (χ1n) is 4.99. The Kier molecular flexibility index (Phi) is 3.11. The van der Waals surface area contributed by atoms with Crippen molar-refractivity contribution in [3.63, 3.8) is 0 Å². The summed E-state index contributed by atoms with van der Waals surface area (Å²) < 4.78 is 38.3. The van der Waals surface area contributed by atoms with Crippen LogP contribution >= 0.6 is 0 Å². The summed E-state index contributed by atoms with van der Waals surface area (Å²) in [7, 11) is 0. The van der Waals surface area contributed by atoms with Crippen LogP contribution in [0, 0.1) is 0 Å². The zero-order chi connectivity index (χ0) is 14.0. The number of hydrogen-bond donors (Lipinski definition) is 2. The van der Waals surface area contributed by atoms with Crippen LogP contribution in [0.4, 0.5) is 13.2 Å². The summed E-state index contributed by atoms with van der Waals surface area (Å²) in [5.74, 6) is -0.245. The molecule has 19 heavy (non-hydrogen) atoms. The predicted octanol–water partition coefficient (Wildman–Crippen LogP) is 1.38. The van der Waals surface area contributed by atoms with E-state index in [0.717, 1.165) is 16.9 Å². The zero-order valence-electron chi connectivity index (χ0n) is 9.33. The predicted molar refractivity (Wildman–Crippen MR) is 58.9 cm³/mol. The van der Waals surface area contributed by atoms with Crippen molar-refractivity contribution < 1.29 is 18.4 Å². The molecule has 0 aliphatic heterocycles. The van der Waals surface area contributed by atoms with E-state index in [0.29, 0.717) is 5.69 Å². The average Bonchev–Trinajstić information content (AvgIpc) is 2.87. The summed E-state index contributed by atoms with van der Waals surface area (Å²) in [5.41, 5.74) is 4.78. The molecule has 0 saturated heterocycles. The van der Waals surface area contributed by atoms with E-state index < -0.39 is 11.9 Å². The van der Waals surface area contributed by atoms with E-state index >= 15 is 0 Å². The molecule has 2 aromatic rings. The number of amidine groups is 1. The van der Waals surface area contributed by atoms with Crippen molar-refractivity contribution in [2.45, 2.75) is 6.18 Å². The van der Waals surface area contributed by atoms with Gasteiger partial charge in [-0.15, -0.1) is 0 Å². The Bertz CT molecular complexity index is 620. The summed E-state index contributed by atoms with van der Waals surface area (Å²) in [4.78, 5) is 3.81. The van der Waals surface area contributed by atoms with Crippen LogP contribution in [0.2, 0.25) is 0 Å². The molecule has 2 rings (SSSR count). The van der Waals surface area contributed by atoms with Crippen molar-refractivity contribution in [3.05, 3.63) is 42.0 Å². The minimum absolute atomic E-state index is 0.129. The Balaban J connectivity index is 2.40. The van der Waals surface area contributed by atoms with Crippen molar-refractivity contribution >= 4 is 5.84 Å². The summed E-state index contributed by atoms with van der Waals surface area (Å²) in [6, 6.07) is 3.65. The van der Waals surface area contributed by atoms with Crippen LogP contribution in [0.3, 0.4) is 0 Å². The van der Waals surface area contributed by atoms with E-state index in [1.807, 2.05) is 0 Å². The minimum Gasteiger partial charge on any atom is -0.409 e. The molecule has 100 valence electrons. The van der Waals surface area contributed by atoms with Crippen LogP contribution in [0.25, 0.3) is 5.69 Å². The fraction of sp³-hybridized carbons (Fsp3) is 0.100. The van der Waals surface area contributed by atoms with E-state index in [2.05, 4.69) is 15.2 Å². The van der Waals surface area contributed by atoms with Gasteiger partial charge in [-0.25, -0.2) is 4.68 Å². The topological polar surface area (TPSA) is 89.3 Å². The Hall–Kier alpha value is -2.58. The third-order valence-corrected chi connectivity index (χ3v) is 2.26. The van der Waals surface area contributed by atoms with Crippen LogP contribution in [-0.2, 0) is 6.18 Å². The molecule has 2 heterocycles. The molecule has 3 N–H and O–H groups in total. The van der Waals surface area contributed by atoms with E-state index in [1.54, 1.807) is 0 Å². The molecule has 0 atom stereocenters. The molecular weight excluding hydrogens is 263 g/mol. The number of rotatable bonds is 2. The fourth-order valence-electron chi connectivity index (χ4n) is 1.37. The second-order valence-corrected chi connectivity index (χ2v) is 3.53. The lowest BCUT2D eigenvalue weighted by Gasteiger charge is -2.04. The van der Waals surface area contributed by atoms with E-state index in [4.69, 9.17) is 10.9 Å². The Morgan fingerprint density at radius 2 is 2.11 bits per heavy atom. The summed E-state index contributed by atoms with van der Waals surface area (Å²) in [6.45, 7) is 0. The quantitative estimate of drug-likeness (QED) is 0.374. The third-order valence-electron chi connectivity index (χ3n) is 2.26. The zero-order valence-corrected chi connectivity index (χ0v) is 9.33. The third kappa shape index (κ3) is 2.64. The highest BCUT2D eigenvalue weighted by Crippen LogP contribution is 2.27. The van der Waals surface area contributed by atoms with Gasteiger partial charge in [0.25, 0.3) is 0 Å². The SMILES string of the molecule is NC(=NO)c1cc(-n2ccc(C(F)(F)F)n2)ccn1. The first kappa shape index (κ1) is 12.9. The molecule has 0 bridgehead atoms. The van der Waals surface area contributed by atoms with Crippen LogP contribution < -0.4 is 5.73 Å². The van der Waals surface area contributed by atoms with Gasteiger partial charge in [-0.05, 0) is 18.2 Å². The maximum absolute atomic E-state index is 12.4. The highest BCUT2D eigenvalue weighted by molar-refractivity contribution is 5.95. The molecule has 0 aliphatic carbocycles. The Labute approximate surface area is 105 Å².